The lowest BCUT2D eigenvalue weighted by atomic mass is 10.1. The summed E-state index contributed by atoms with van der Waals surface area (Å²) in [6.07, 6.45) is 0. The number of halogens is 1. The molecule has 3 aromatic rings. The molecule has 4 heteroatoms. The third-order valence-corrected chi connectivity index (χ3v) is 3.24. The van der Waals surface area contributed by atoms with Crippen molar-refractivity contribution in [3.63, 3.8) is 0 Å². The molecule has 3 rings (SSSR count). The largest absolute Gasteiger partial charge is 0.384 e. The second-order valence-electron chi connectivity index (χ2n) is 4.83. The van der Waals surface area contributed by atoms with Gasteiger partial charge >= 0.3 is 0 Å². The van der Waals surface area contributed by atoms with Crippen LogP contribution >= 0.6 is 0 Å². The molecule has 0 bridgehead atoms. The Kier molecular flexibility index (Phi) is 3.36. The van der Waals surface area contributed by atoms with Crippen LogP contribution in [0.2, 0.25) is 0 Å². The highest BCUT2D eigenvalue weighted by atomic mass is 19.1. The van der Waals surface area contributed by atoms with Crippen LogP contribution in [0, 0.1) is 12.7 Å². The van der Waals surface area contributed by atoms with Crippen LogP contribution in [-0.4, -0.2) is 9.97 Å². The van der Waals surface area contributed by atoms with Gasteiger partial charge in [-0.2, -0.15) is 0 Å². The summed E-state index contributed by atoms with van der Waals surface area (Å²) in [6, 6.07) is 16.0. The molecule has 0 fully saturated rings. The van der Waals surface area contributed by atoms with Gasteiger partial charge in [0.1, 0.15) is 11.6 Å². The molecule has 0 saturated heterocycles. The van der Waals surface area contributed by atoms with Gasteiger partial charge in [-0.15, -0.1) is 0 Å². The van der Waals surface area contributed by atoms with Crippen molar-refractivity contribution < 1.29 is 4.39 Å². The van der Waals surface area contributed by atoms with E-state index in [0.29, 0.717) is 11.6 Å². The SMILES string of the molecule is Cc1cc(F)ccc1-c1nc(N)cc(-c2ccccc2)n1. The molecule has 0 radical (unpaired) electrons. The Bertz CT molecular complexity index is 785. The number of benzene rings is 2. The molecule has 2 aromatic carbocycles. The van der Waals surface area contributed by atoms with Gasteiger partial charge in [-0.1, -0.05) is 30.3 Å². The van der Waals surface area contributed by atoms with Gasteiger partial charge in [-0.05, 0) is 30.7 Å². The Morgan fingerprint density at radius 3 is 2.43 bits per heavy atom. The van der Waals surface area contributed by atoms with Crippen LogP contribution in [-0.2, 0) is 0 Å². The topological polar surface area (TPSA) is 51.8 Å². The summed E-state index contributed by atoms with van der Waals surface area (Å²) >= 11 is 0. The molecule has 104 valence electrons. The van der Waals surface area contributed by atoms with Gasteiger partial charge in [-0.25, -0.2) is 14.4 Å². The standard InChI is InChI=1S/C17H14FN3/c1-11-9-13(18)7-8-14(11)17-20-15(10-16(19)21-17)12-5-3-2-4-6-12/h2-10H,1H3,(H2,19,20,21). The highest BCUT2D eigenvalue weighted by Gasteiger charge is 2.10. The molecule has 2 N–H and O–H groups in total. The minimum atomic E-state index is -0.275. The van der Waals surface area contributed by atoms with Crippen molar-refractivity contribution >= 4 is 5.82 Å². The minimum absolute atomic E-state index is 0.275. The maximum absolute atomic E-state index is 13.2. The fourth-order valence-corrected chi connectivity index (χ4v) is 2.22. The minimum Gasteiger partial charge on any atom is -0.384 e. The molecule has 0 atom stereocenters. The van der Waals surface area contributed by atoms with Crippen molar-refractivity contribution in [2.24, 2.45) is 0 Å². The summed E-state index contributed by atoms with van der Waals surface area (Å²) in [5.74, 6) is 0.623. The molecular weight excluding hydrogens is 265 g/mol. The third kappa shape index (κ3) is 2.74. The zero-order valence-electron chi connectivity index (χ0n) is 11.5. The first-order chi connectivity index (χ1) is 10.1. The van der Waals surface area contributed by atoms with Crippen LogP contribution in [0.3, 0.4) is 0 Å². The predicted molar refractivity (Wildman–Crippen MR) is 82.0 cm³/mol. The number of hydrogen-bond acceptors (Lipinski definition) is 3. The molecule has 1 aromatic heterocycles. The molecule has 21 heavy (non-hydrogen) atoms. The fraction of sp³-hybridized carbons (Fsp3) is 0.0588. The zero-order valence-corrected chi connectivity index (χ0v) is 11.5. The zero-order chi connectivity index (χ0) is 14.8. The van der Waals surface area contributed by atoms with Gasteiger partial charge in [0, 0.05) is 17.2 Å². The van der Waals surface area contributed by atoms with Crippen LogP contribution in [0.4, 0.5) is 10.2 Å². The van der Waals surface area contributed by atoms with E-state index in [2.05, 4.69) is 9.97 Å². The number of rotatable bonds is 2. The Labute approximate surface area is 122 Å². The average Bonchev–Trinajstić information content (AvgIpc) is 2.47. The number of nitrogens with zero attached hydrogens (tertiary/aromatic N) is 2. The van der Waals surface area contributed by atoms with Gasteiger partial charge in [0.05, 0.1) is 5.69 Å². The Morgan fingerprint density at radius 2 is 1.71 bits per heavy atom. The first-order valence-corrected chi connectivity index (χ1v) is 6.60. The Balaban J connectivity index is 2.14. The lowest BCUT2D eigenvalue weighted by molar-refractivity contribution is 0.627. The van der Waals surface area contributed by atoms with E-state index in [9.17, 15) is 4.39 Å². The number of aromatic nitrogens is 2. The smallest absolute Gasteiger partial charge is 0.162 e. The molecule has 0 amide bonds. The summed E-state index contributed by atoms with van der Waals surface area (Å²) in [7, 11) is 0. The Morgan fingerprint density at radius 1 is 0.952 bits per heavy atom. The van der Waals surface area contributed by atoms with Gasteiger partial charge in [0.15, 0.2) is 5.82 Å². The van der Waals surface area contributed by atoms with E-state index >= 15 is 0 Å². The van der Waals surface area contributed by atoms with Crippen LogP contribution in [0.15, 0.2) is 54.6 Å². The molecule has 0 aliphatic rings. The van der Waals surface area contributed by atoms with Crippen LogP contribution in [0.25, 0.3) is 22.6 Å². The number of nitrogen functional groups attached to an aromatic ring is 1. The molecule has 1 heterocycles. The van der Waals surface area contributed by atoms with Gasteiger partial charge in [-0.3, -0.25) is 0 Å². The summed E-state index contributed by atoms with van der Waals surface area (Å²) in [5.41, 5.74) is 9.16. The number of hydrogen-bond donors (Lipinski definition) is 1. The lowest BCUT2D eigenvalue weighted by Gasteiger charge is -2.08. The fourth-order valence-electron chi connectivity index (χ4n) is 2.22. The molecule has 0 saturated carbocycles. The number of nitrogens with two attached hydrogens (primary N) is 1. The first-order valence-electron chi connectivity index (χ1n) is 6.60. The lowest BCUT2D eigenvalue weighted by Crippen LogP contribution is -1.99. The van der Waals surface area contributed by atoms with Crippen molar-refractivity contribution in [2.45, 2.75) is 6.92 Å². The normalized spacial score (nSPS) is 10.6. The second-order valence-corrected chi connectivity index (χ2v) is 4.83. The van der Waals surface area contributed by atoms with E-state index in [4.69, 9.17) is 5.73 Å². The predicted octanol–water partition coefficient (Wildman–Crippen LogP) is 3.84. The van der Waals surface area contributed by atoms with Crippen LogP contribution in [0.5, 0.6) is 0 Å². The molecule has 3 nitrogen and oxygen atoms in total. The second kappa shape index (κ2) is 5.32. The van der Waals surface area contributed by atoms with E-state index in [1.54, 1.807) is 12.1 Å². The molecular formula is C17H14FN3. The number of anilines is 1. The molecule has 0 spiro atoms. The maximum Gasteiger partial charge on any atom is 0.162 e. The highest BCUT2D eigenvalue weighted by molar-refractivity contribution is 5.68. The van der Waals surface area contributed by atoms with E-state index in [0.717, 1.165) is 22.4 Å². The van der Waals surface area contributed by atoms with Crippen LogP contribution < -0.4 is 5.73 Å². The van der Waals surface area contributed by atoms with Gasteiger partial charge in [0.2, 0.25) is 0 Å². The van der Waals surface area contributed by atoms with E-state index in [1.165, 1.54) is 12.1 Å². The van der Waals surface area contributed by atoms with E-state index < -0.39 is 0 Å². The quantitative estimate of drug-likeness (QED) is 0.775. The van der Waals surface area contributed by atoms with Crippen molar-refractivity contribution in [2.75, 3.05) is 5.73 Å². The Hall–Kier alpha value is -2.75. The summed E-state index contributed by atoms with van der Waals surface area (Å²) in [6.45, 7) is 1.83. The summed E-state index contributed by atoms with van der Waals surface area (Å²) < 4.78 is 13.2. The monoisotopic (exact) mass is 279 g/mol. The highest BCUT2D eigenvalue weighted by Crippen LogP contribution is 2.25. The van der Waals surface area contributed by atoms with Crippen molar-refractivity contribution in [1.29, 1.82) is 0 Å². The van der Waals surface area contributed by atoms with Crippen molar-refractivity contribution in [3.8, 4) is 22.6 Å². The van der Waals surface area contributed by atoms with E-state index in [-0.39, 0.29) is 5.82 Å². The van der Waals surface area contributed by atoms with Crippen molar-refractivity contribution in [3.05, 3.63) is 66.0 Å². The van der Waals surface area contributed by atoms with Gasteiger partial charge in [0.25, 0.3) is 0 Å². The number of aryl methyl sites for hydroxylation is 1. The molecule has 0 unspecified atom stereocenters. The van der Waals surface area contributed by atoms with E-state index in [1.807, 2.05) is 37.3 Å². The van der Waals surface area contributed by atoms with Crippen molar-refractivity contribution in [1.82, 2.24) is 9.97 Å². The van der Waals surface area contributed by atoms with Crippen LogP contribution in [0.1, 0.15) is 5.56 Å². The summed E-state index contributed by atoms with van der Waals surface area (Å²) in [4.78, 5) is 8.82. The average molecular weight is 279 g/mol. The third-order valence-electron chi connectivity index (χ3n) is 3.24. The summed E-state index contributed by atoms with van der Waals surface area (Å²) in [5, 5.41) is 0. The maximum atomic E-state index is 13.2. The molecule has 0 aliphatic carbocycles. The molecule has 0 aliphatic heterocycles. The van der Waals surface area contributed by atoms with Gasteiger partial charge < -0.3 is 5.73 Å². The first kappa shape index (κ1) is 13.2.